The predicted molar refractivity (Wildman–Crippen MR) is 83.0 cm³/mol. The van der Waals surface area contributed by atoms with Gasteiger partial charge in [-0.3, -0.25) is 0 Å². The van der Waals surface area contributed by atoms with Gasteiger partial charge in [-0.25, -0.2) is 0 Å². The summed E-state index contributed by atoms with van der Waals surface area (Å²) in [5.41, 5.74) is 1.98. The molecule has 2 bridgehead atoms. The minimum atomic E-state index is 0.156. The summed E-state index contributed by atoms with van der Waals surface area (Å²) in [5.74, 6) is 1.01. The standard InChI is InChI=1S/C17H24ClNO/c1-16(2)12-6-7-17(16,3)15(9-12)19-10-11-4-5-14(20)13(18)8-11/h4-5,8,12,15,19-20H,6-7,9-10H2,1-3H3. The van der Waals surface area contributed by atoms with Gasteiger partial charge in [-0.05, 0) is 53.7 Å². The molecule has 0 saturated heterocycles. The maximum Gasteiger partial charge on any atom is 0.134 e. The lowest BCUT2D eigenvalue weighted by atomic mass is 9.69. The molecule has 0 heterocycles. The third-order valence-corrected chi connectivity index (χ3v) is 6.66. The average molecular weight is 294 g/mol. The number of hydrogen-bond donors (Lipinski definition) is 2. The van der Waals surface area contributed by atoms with Gasteiger partial charge in [0.05, 0.1) is 5.02 Å². The maximum atomic E-state index is 9.47. The summed E-state index contributed by atoms with van der Waals surface area (Å²) in [6, 6.07) is 6.05. The Morgan fingerprint density at radius 2 is 2.10 bits per heavy atom. The fourth-order valence-corrected chi connectivity index (χ4v) is 4.62. The summed E-state index contributed by atoms with van der Waals surface area (Å²) in [5, 5.41) is 13.6. The van der Waals surface area contributed by atoms with Crippen molar-refractivity contribution in [1.29, 1.82) is 0 Å². The Balaban J connectivity index is 1.69. The second kappa shape index (κ2) is 4.64. The lowest BCUT2D eigenvalue weighted by Gasteiger charge is -2.39. The van der Waals surface area contributed by atoms with Gasteiger partial charge in [0, 0.05) is 12.6 Å². The van der Waals surface area contributed by atoms with Crippen molar-refractivity contribution in [2.24, 2.45) is 16.7 Å². The van der Waals surface area contributed by atoms with Crippen LogP contribution in [0.15, 0.2) is 18.2 Å². The van der Waals surface area contributed by atoms with Gasteiger partial charge in [-0.2, -0.15) is 0 Å². The molecule has 3 unspecified atom stereocenters. The first kappa shape index (κ1) is 14.2. The molecule has 0 amide bonds. The van der Waals surface area contributed by atoms with Gasteiger partial charge < -0.3 is 10.4 Å². The van der Waals surface area contributed by atoms with E-state index in [-0.39, 0.29) is 5.75 Å². The van der Waals surface area contributed by atoms with E-state index in [2.05, 4.69) is 26.1 Å². The van der Waals surface area contributed by atoms with Gasteiger partial charge in [0.15, 0.2) is 0 Å². The van der Waals surface area contributed by atoms with E-state index in [0.29, 0.717) is 21.9 Å². The van der Waals surface area contributed by atoms with Crippen molar-refractivity contribution in [3.63, 3.8) is 0 Å². The molecule has 2 nitrogen and oxygen atoms in total. The summed E-state index contributed by atoms with van der Waals surface area (Å²) < 4.78 is 0. The van der Waals surface area contributed by atoms with Crippen LogP contribution in [0.4, 0.5) is 0 Å². The Kier molecular flexibility index (Phi) is 3.30. The Morgan fingerprint density at radius 3 is 2.65 bits per heavy atom. The molecule has 2 N–H and O–H groups in total. The zero-order valence-electron chi connectivity index (χ0n) is 12.5. The summed E-state index contributed by atoms with van der Waals surface area (Å²) in [4.78, 5) is 0. The van der Waals surface area contributed by atoms with Gasteiger partial charge >= 0.3 is 0 Å². The third kappa shape index (κ3) is 1.96. The number of fused-ring (bicyclic) bond motifs is 2. The summed E-state index contributed by atoms with van der Waals surface area (Å²) in [6.45, 7) is 8.14. The van der Waals surface area contributed by atoms with E-state index in [1.54, 1.807) is 6.07 Å². The highest BCUT2D eigenvalue weighted by Crippen LogP contribution is 2.65. The molecule has 0 aromatic heterocycles. The number of hydrogen-bond acceptors (Lipinski definition) is 2. The molecular weight excluding hydrogens is 270 g/mol. The van der Waals surface area contributed by atoms with Crippen LogP contribution in [-0.4, -0.2) is 11.1 Å². The Hall–Kier alpha value is -0.730. The predicted octanol–water partition coefficient (Wildman–Crippen LogP) is 4.35. The topological polar surface area (TPSA) is 32.3 Å². The SMILES string of the molecule is CC1(C)C2CCC1(C)C(NCc1ccc(O)c(Cl)c1)C2. The molecule has 0 aliphatic heterocycles. The van der Waals surface area contributed by atoms with Gasteiger partial charge in [0.1, 0.15) is 5.75 Å². The van der Waals surface area contributed by atoms with E-state index in [9.17, 15) is 5.11 Å². The van der Waals surface area contributed by atoms with Crippen molar-refractivity contribution in [2.45, 2.75) is 52.6 Å². The summed E-state index contributed by atoms with van der Waals surface area (Å²) in [7, 11) is 0. The molecule has 2 saturated carbocycles. The van der Waals surface area contributed by atoms with Gasteiger partial charge in [-0.1, -0.05) is 38.4 Å². The van der Waals surface area contributed by atoms with Gasteiger partial charge in [-0.15, -0.1) is 0 Å². The number of nitrogens with one attached hydrogen (secondary N) is 1. The highest BCUT2D eigenvalue weighted by molar-refractivity contribution is 6.32. The number of benzene rings is 1. The van der Waals surface area contributed by atoms with Crippen LogP contribution in [0.1, 0.15) is 45.6 Å². The Bertz CT molecular complexity index is 528. The Labute approximate surface area is 126 Å². The molecule has 2 aliphatic carbocycles. The van der Waals surface area contributed by atoms with Gasteiger partial charge in [0.2, 0.25) is 0 Å². The van der Waals surface area contributed by atoms with Crippen molar-refractivity contribution in [2.75, 3.05) is 0 Å². The van der Waals surface area contributed by atoms with Crippen molar-refractivity contribution in [3.05, 3.63) is 28.8 Å². The number of rotatable bonds is 3. The lowest BCUT2D eigenvalue weighted by Crippen LogP contribution is -2.44. The fourth-order valence-electron chi connectivity index (χ4n) is 4.41. The molecule has 2 fully saturated rings. The van der Waals surface area contributed by atoms with Crippen LogP contribution in [0, 0.1) is 16.7 Å². The molecular formula is C17H24ClNO. The Morgan fingerprint density at radius 1 is 1.35 bits per heavy atom. The highest BCUT2D eigenvalue weighted by atomic mass is 35.5. The van der Waals surface area contributed by atoms with E-state index in [0.717, 1.165) is 18.0 Å². The fraction of sp³-hybridized carbons (Fsp3) is 0.647. The van der Waals surface area contributed by atoms with Crippen molar-refractivity contribution < 1.29 is 5.11 Å². The number of phenolic OH excluding ortho intramolecular Hbond substituents is 1. The molecule has 3 atom stereocenters. The van der Waals surface area contributed by atoms with E-state index >= 15 is 0 Å². The number of halogens is 1. The van der Waals surface area contributed by atoms with Crippen LogP contribution < -0.4 is 5.32 Å². The van der Waals surface area contributed by atoms with Crippen LogP contribution in [0.25, 0.3) is 0 Å². The van der Waals surface area contributed by atoms with E-state index in [4.69, 9.17) is 11.6 Å². The van der Waals surface area contributed by atoms with Crippen molar-refractivity contribution in [3.8, 4) is 5.75 Å². The largest absolute Gasteiger partial charge is 0.506 e. The number of phenols is 1. The lowest BCUT2D eigenvalue weighted by molar-refractivity contribution is 0.120. The minimum absolute atomic E-state index is 0.156. The molecule has 0 radical (unpaired) electrons. The zero-order chi connectivity index (χ0) is 14.5. The van der Waals surface area contributed by atoms with Crippen LogP contribution in [0.5, 0.6) is 5.75 Å². The number of aromatic hydroxyl groups is 1. The first-order valence-corrected chi connectivity index (χ1v) is 7.93. The monoisotopic (exact) mass is 293 g/mol. The zero-order valence-corrected chi connectivity index (χ0v) is 13.3. The first-order chi connectivity index (χ1) is 9.34. The van der Waals surface area contributed by atoms with Crippen molar-refractivity contribution >= 4 is 11.6 Å². The highest BCUT2D eigenvalue weighted by Gasteiger charge is 2.60. The van der Waals surface area contributed by atoms with E-state index < -0.39 is 0 Å². The quantitative estimate of drug-likeness (QED) is 0.868. The van der Waals surface area contributed by atoms with Crippen LogP contribution in [0.3, 0.4) is 0 Å². The second-order valence-corrected chi connectivity index (χ2v) is 7.74. The van der Waals surface area contributed by atoms with Crippen LogP contribution in [0.2, 0.25) is 5.02 Å². The van der Waals surface area contributed by atoms with E-state index in [1.807, 2.05) is 12.1 Å². The van der Waals surface area contributed by atoms with Crippen LogP contribution >= 0.6 is 11.6 Å². The molecule has 1 aromatic rings. The normalized spacial score (nSPS) is 34.6. The smallest absolute Gasteiger partial charge is 0.134 e. The molecule has 110 valence electrons. The summed E-state index contributed by atoms with van der Waals surface area (Å²) >= 11 is 5.97. The van der Waals surface area contributed by atoms with Gasteiger partial charge in [0.25, 0.3) is 0 Å². The van der Waals surface area contributed by atoms with Crippen LogP contribution in [-0.2, 0) is 6.54 Å². The third-order valence-electron chi connectivity index (χ3n) is 6.36. The molecule has 3 rings (SSSR count). The van der Waals surface area contributed by atoms with E-state index in [1.165, 1.54) is 19.3 Å². The average Bonchev–Trinajstić information content (AvgIpc) is 2.73. The first-order valence-electron chi connectivity index (χ1n) is 7.55. The summed E-state index contributed by atoms with van der Waals surface area (Å²) in [6.07, 6.45) is 4.00. The molecule has 0 spiro atoms. The molecule has 3 heteroatoms. The van der Waals surface area contributed by atoms with Crippen molar-refractivity contribution in [1.82, 2.24) is 5.32 Å². The maximum absolute atomic E-state index is 9.47. The second-order valence-electron chi connectivity index (χ2n) is 7.33. The molecule has 20 heavy (non-hydrogen) atoms. The minimum Gasteiger partial charge on any atom is -0.506 e. The molecule has 1 aromatic carbocycles. The molecule has 2 aliphatic rings.